The Labute approximate surface area is 248 Å². The van der Waals surface area contributed by atoms with Gasteiger partial charge in [0.2, 0.25) is 5.95 Å². The average molecular weight is 675 g/mol. The van der Waals surface area contributed by atoms with Gasteiger partial charge in [-0.25, -0.2) is 38.5 Å². The molecule has 0 aliphatic carbocycles. The molecule has 3 aliphatic rings. The Bertz CT molecular complexity index is 1940. The largest absolute Gasteiger partial charge is 0.472 e. The number of aliphatic hydroxyl groups excluding tert-OH is 1. The number of anilines is 2. The number of hydrogen-bond acceptors (Lipinski definition) is 16. The van der Waals surface area contributed by atoms with Crippen molar-refractivity contribution in [3.63, 3.8) is 0 Å². The lowest BCUT2D eigenvalue weighted by atomic mass is 10.1. The van der Waals surface area contributed by atoms with Gasteiger partial charge in [0.1, 0.15) is 42.4 Å². The highest BCUT2D eigenvalue weighted by molar-refractivity contribution is 7.50. The Balaban J connectivity index is 1.21. The van der Waals surface area contributed by atoms with Crippen molar-refractivity contribution in [2.75, 3.05) is 24.6 Å². The van der Waals surface area contributed by atoms with Gasteiger partial charge in [-0.05, 0) is 0 Å². The van der Waals surface area contributed by atoms with E-state index in [1.807, 2.05) is 0 Å². The normalized spacial score (nSPS) is 37.7. The molecule has 0 aromatic carbocycles. The van der Waals surface area contributed by atoms with E-state index in [-0.39, 0.29) is 34.1 Å². The van der Waals surface area contributed by atoms with E-state index in [2.05, 4.69) is 35.0 Å². The lowest BCUT2D eigenvalue weighted by Gasteiger charge is -2.26. The molecule has 2 bridgehead atoms. The number of rotatable bonds is 2. The van der Waals surface area contributed by atoms with Gasteiger partial charge in [-0.15, -0.1) is 0 Å². The Hall–Kier alpha value is -3.47. The van der Waals surface area contributed by atoms with Crippen LogP contribution < -0.4 is 22.1 Å². The topological polar surface area (TPSA) is 312 Å². The second-order valence-electron chi connectivity index (χ2n) is 10.2. The van der Waals surface area contributed by atoms with Crippen molar-refractivity contribution in [2.24, 2.45) is 0 Å². The molecule has 4 aromatic rings. The summed E-state index contributed by atoms with van der Waals surface area (Å²) in [7, 11) is -10.0. The van der Waals surface area contributed by atoms with E-state index in [0.29, 0.717) is 0 Å². The second kappa shape index (κ2) is 10.8. The van der Waals surface area contributed by atoms with E-state index in [4.69, 9.17) is 34.5 Å². The molecule has 3 fully saturated rings. The van der Waals surface area contributed by atoms with Crippen LogP contribution in [-0.4, -0.2) is 104 Å². The number of nitrogens with zero attached hydrogens (tertiary/aromatic N) is 7. The molecular weight excluding hydrogens is 651 g/mol. The van der Waals surface area contributed by atoms with Gasteiger partial charge in [-0.1, -0.05) is 0 Å². The predicted molar refractivity (Wildman–Crippen MR) is 144 cm³/mol. The number of imidazole rings is 2. The third kappa shape index (κ3) is 5.30. The molecule has 0 saturated carbocycles. The quantitative estimate of drug-likeness (QED) is 0.115. The SMILES string of the molecule is Nc1nc2c(ncn2C2OC3COP(=O)(O)OC4C(CNP(=O)(O)OC2C3F)OC(n2cnc3c(N)ncnc32)C4O)c(=O)[nH]1. The van der Waals surface area contributed by atoms with Gasteiger partial charge < -0.3 is 35.8 Å². The number of nitrogen functional groups attached to an aromatic ring is 2. The number of fused-ring (bicyclic) bond motifs is 5. The first-order chi connectivity index (χ1) is 21.3. The molecule has 0 amide bonds. The number of nitrogens with one attached hydrogen (secondary N) is 2. The van der Waals surface area contributed by atoms with E-state index in [9.17, 15) is 28.8 Å². The predicted octanol–water partition coefficient (Wildman–Crippen LogP) is -1.79. The van der Waals surface area contributed by atoms with Crippen molar-refractivity contribution in [3.05, 3.63) is 29.3 Å². The third-order valence-corrected chi connectivity index (χ3v) is 9.47. The van der Waals surface area contributed by atoms with E-state index >= 15 is 4.39 Å². The van der Waals surface area contributed by atoms with Crippen molar-refractivity contribution in [1.29, 1.82) is 0 Å². The molecule has 0 radical (unpaired) electrons. The number of H-pyrrole nitrogens is 1. The summed E-state index contributed by atoms with van der Waals surface area (Å²) < 4.78 is 71.5. The van der Waals surface area contributed by atoms with Crippen molar-refractivity contribution in [1.82, 2.24) is 44.1 Å². The number of phosphoric acid groups is 1. The minimum atomic E-state index is -5.09. The molecule has 25 heteroatoms. The van der Waals surface area contributed by atoms with Crippen LogP contribution in [0, 0.1) is 0 Å². The smallest absolute Gasteiger partial charge is 0.386 e. The summed E-state index contributed by atoms with van der Waals surface area (Å²) in [4.78, 5) is 55.7. The number of phosphoric ester groups is 1. The lowest BCUT2D eigenvalue weighted by Crippen LogP contribution is -2.39. The number of aromatic amines is 1. The van der Waals surface area contributed by atoms with Gasteiger partial charge in [0.15, 0.2) is 41.3 Å². The van der Waals surface area contributed by atoms with E-state index in [0.717, 1.165) is 17.2 Å². The van der Waals surface area contributed by atoms with Gasteiger partial charge in [0, 0.05) is 6.54 Å². The van der Waals surface area contributed by atoms with Crippen LogP contribution >= 0.6 is 15.6 Å². The zero-order valence-electron chi connectivity index (χ0n) is 22.4. The fourth-order valence-electron chi connectivity index (χ4n) is 5.35. The number of aromatic nitrogens is 8. The standard InChI is InChI=1S/C20H24FN11O11P2/c21-8-7-2-39-45(37,38)43-12-6(40-18(11(12)33)31-4-26-9-14(22)24-3-25-15(9)31)1-28-44(35,36)42-13(8)19(41-7)32-5-27-10-16(32)29-20(23)30-17(10)34/h3-8,11-13,18-19,33H,1-2H2,(H,37,38)(H2,22,24,25)(H2,28,35,36)(H3,23,29,30,34). The molecule has 0 spiro atoms. The molecule has 3 saturated heterocycles. The van der Waals surface area contributed by atoms with E-state index in [1.165, 1.54) is 10.9 Å². The van der Waals surface area contributed by atoms with Crippen LogP contribution in [0.15, 0.2) is 23.8 Å². The Morgan fingerprint density at radius 3 is 2.44 bits per heavy atom. The highest BCUT2D eigenvalue weighted by atomic mass is 31.2. The van der Waals surface area contributed by atoms with Crippen molar-refractivity contribution >= 4 is 49.7 Å². The Morgan fingerprint density at radius 2 is 1.67 bits per heavy atom. The molecular formula is C20H24FN11O11P2. The van der Waals surface area contributed by atoms with Crippen LogP contribution in [0.4, 0.5) is 16.2 Å². The Morgan fingerprint density at radius 1 is 0.956 bits per heavy atom. The van der Waals surface area contributed by atoms with Crippen LogP contribution in [0.3, 0.4) is 0 Å². The van der Waals surface area contributed by atoms with Crippen LogP contribution in [0.25, 0.3) is 22.3 Å². The highest BCUT2D eigenvalue weighted by Crippen LogP contribution is 2.52. The third-order valence-electron chi connectivity index (χ3n) is 7.37. The fraction of sp³-hybridized carbons (Fsp3) is 0.500. The number of ether oxygens (including phenoxy) is 2. The molecule has 45 heavy (non-hydrogen) atoms. The summed E-state index contributed by atoms with van der Waals surface area (Å²) in [6.45, 7) is -1.55. The molecule has 4 aromatic heterocycles. The zero-order chi connectivity index (χ0) is 31.8. The van der Waals surface area contributed by atoms with Gasteiger partial charge >= 0.3 is 15.6 Å². The van der Waals surface area contributed by atoms with Crippen LogP contribution in [-0.2, 0) is 32.2 Å². The molecule has 22 nitrogen and oxygen atoms in total. The van der Waals surface area contributed by atoms with Gasteiger partial charge in [-0.3, -0.25) is 32.5 Å². The first-order valence-corrected chi connectivity index (χ1v) is 16.1. The summed E-state index contributed by atoms with van der Waals surface area (Å²) in [6, 6.07) is 0. The van der Waals surface area contributed by atoms with E-state index < -0.39 is 83.4 Å². The first-order valence-electron chi connectivity index (χ1n) is 13.0. The van der Waals surface area contributed by atoms with E-state index in [1.54, 1.807) is 0 Å². The molecule has 10 unspecified atom stereocenters. The number of hydrogen-bond donors (Lipinski definition) is 7. The molecule has 242 valence electrons. The summed E-state index contributed by atoms with van der Waals surface area (Å²) in [6.07, 6.45) is -9.99. The lowest BCUT2D eigenvalue weighted by molar-refractivity contribution is -0.0530. The summed E-state index contributed by atoms with van der Waals surface area (Å²) in [5.41, 5.74) is 10.7. The van der Waals surface area contributed by atoms with Crippen molar-refractivity contribution in [2.45, 2.75) is 49.1 Å². The fourth-order valence-corrected chi connectivity index (χ4v) is 7.35. The summed E-state index contributed by atoms with van der Waals surface area (Å²) >= 11 is 0. The maximum Gasteiger partial charge on any atom is 0.472 e. The van der Waals surface area contributed by atoms with Gasteiger partial charge in [-0.2, -0.15) is 4.98 Å². The molecule has 7 heterocycles. The van der Waals surface area contributed by atoms with Crippen LogP contribution in [0.2, 0.25) is 0 Å². The highest BCUT2D eigenvalue weighted by Gasteiger charge is 2.54. The summed E-state index contributed by atoms with van der Waals surface area (Å²) in [5.74, 6) is -0.267. The van der Waals surface area contributed by atoms with Crippen LogP contribution in [0.5, 0.6) is 0 Å². The minimum Gasteiger partial charge on any atom is -0.386 e. The molecule has 9 N–H and O–H groups in total. The monoisotopic (exact) mass is 675 g/mol. The Kier molecular flexibility index (Phi) is 7.26. The molecule has 10 atom stereocenters. The van der Waals surface area contributed by atoms with Crippen molar-refractivity contribution < 1.29 is 51.5 Å². The number of nitrogens with two attached hydrogens (primary N) is 2. The average Bonchev–Trinajstić information content (AvgIpc) is 3.72. The first kappa shape index (κ1) is 30.2. The minimum absolute atomic E-state index is 0.0365. The zero-order valence-corrected chi connectivity index (χ0v) is 24.2. The summed E-state index contributed by atoms with van der Waals surface area (Å²) in [5, 5.41) is 13.3. The number of halogens is 1. The van der Waals surface area contributed by atoms with Crippen LogP contribution in [0.1, 0.15) is 12.5 Å². The maximum atomic E-state index is 15.7. The second-order valence-corrected chi connectivity index (χ2v) is 13.2. The maximum absolute atomic E-state index is 15.7. The van der Waals surface area contributed by atoms with Gasteiger partial charge in [0.25, 0.3) is 5.56 Å². The van der Waals surface area contributed by atoms with Crippen molar-refractivity contribution in [3.8, 4) is 0 Å². The number of aliphatic hydroxyl groups is 1. The molecule has 7 rings (SSSR count). The molecule has 3 aliphatic heterocycles. The van der Waals surface area contributed by atoms with Gasteiger partial charge in [0.05, 0.1) is 19.3 Å². The number of alkyl halides is 1.